The van der Waals surface area contributed by atoms with Gasteiger partial charge in [0.2, 0.25) is 6.79 Å². The lowest BCUT2D eigenvalue weighted by molar-refractivity contribution is -0.384. The first-order valence-electron chi connectivity index (χ1n) is 8.47. The first-order valence-corrected chi connectivity index (χ1v) is 8.47. The molecule has 2 aromatic carbocycles. The first-order chi connectivity index (χ1) is 14.0. The Morgan fingerprint density at radius 3 is 2.34 bits per heavy atom. The number of nitro benzene ring substituents is 1. The molecule has 0 bridgehead atoms. The predicted octanol–water partition coefficient (Wildman–Crippen LogP) is 2.75. The third kappa shape index (κ3) is 4.78. The average Bonchev–Trinajstić information content (AvgIpc) is 3.25. The van der Waals surface area contributed by atoms with Gasteiger partial charge in [-0.05, 0) is 17.7 Å². The molecule has 1 amide bonds. The number of carboxylic acid groups (broad SMARTS) is 1. The molecule has 0 saturated heterocycles. The van der Waals surface area contributed by atoms with Gasteiger partial charge in [-0.15, -0.1) is 0 Å². The second-order valence-corrected chi connectivity index (χ2v) is 5.99. The topological polar surface area (TPSA) is 128 Å². The van der Waals surface area contributed by atoms with E-state index in [-0.39, 0.29) is 41.5 Å². The summed E-state index contributed by atoms with van der Waals surface area (Å²) >= 11 is 0. The lowest BCUT2D eigenvalue weighted by atomic mass is 10.0. The van der Waals surface area contributed by atoms with Crippen molar-refractivity contribution in [2.24, 2.45) is 0 Å². The molecule has 0 unspecified atom stereocenters. The van der Waals surface area contributed by atoms with Crippen molar-refractivity contribution in [1.82, 2.24) is 5.32 Å². The van der Waals surface area contributed by atoms with Gasteiger partial charge in [-0.25, -0.2) is 4.79 Å². The second kappa shape index (κ2) is 8.70. The molecule has 0 spiro atoms. The van der Waals surface area contributed by atoms with Gasteiger partial charge < -0.3 is 19.9 Å². The van der Waals surface area contributed by atoms with Crippen LogP contribution in [0.2, 0.25) is 0 Å². The van der Waals surface area contributed by atoms with Crippen molar-refractivity contribution >= 4 is 17.6 Å². The highest BCUT2D eigenvalue weighted by Crippen LogP contribution is 2.24. The molecule has 148 valence electrons. The van der Waals surface area contributed by atoms with Crippen LogP contribution in [0.4, 0.5) is 5.69 Å². The van der Waals surface area contributed by atoms with Crippen LogP contribution in [0.25, 0.3) is 0 Å². The van der Waals surface area contributed by atoms with Crippen LogP contribution in [0.15, 0.2) is 77.9 Å². The zero-order valence-electron chi connectivity index (χ0n) is 15.0. The van der Waals surface area contributed by atoms with E-state index in [4.69, 9.17) is 9.47 Å². The molecule has 29 heavy (non-hydrogen) atoms. The molecule has 9 nitrogen and oxygen atoms in total. The number of carboxylic acids is 1. The summed E-state index contributed by atoms with van der Waals surface area (Å²) in [6.45, 7) is -0.0587. The maximum Gasteiger partial charge on any atom is 0.352 e. The summed E-state index contributed by atoms with van der Waals surface area (Å²) in [6.07, 6.45) is 1.47. The Labute approximate surface area is 165 Å². The quantitative estimate of drug-likeness (QED) is 0.418. The van der Waals surface area contributed by atoms with Gasteiger partial charge in [0.1, 0.15) is 12.0 Å². The Kier molecular flexibility index (Phi) is 5.88. The van der Waals surface area contributed by atoms with Gasteiger partial charge in [-0.3, -0.25) is 14.9 Å². The molecule has 0 aromatic heterocycles. The normalized spacial score (nSPS) is 13.4. The maximum absolute atomic E-state index is 12.5. The lowest BCUT2D eigenvalue weighted by Gasteiger charge is -2.14. The smallest absolute Gasteiger partial charge is 0.352 e. The minimum absolute atomic E-state index is 0.0587. The number of benzene rings is 2. The van der Waals surface area contributed by atoms with E-state index in [9.17, 15) is 24.8 Å². The number of nitrogens with zero attached hydrogens (tertiary/aromatic N) is 1. The van der Waals surface area contributed by atoms with Crippen LogP contribution in [-0.2, 0) is 20.7 Å². The molecule has 0 saturated carbocycles. The van der Waals surface area contributed by atoms with Crippen LogP contribution in [0.3, 0.4) is 0 Å². The highest BCUT2D eigenvalue weighted by molar-refractivity contribution is 6.01. The number of non-ortho nitro benzene ring substituents is 1. The van der Waals surface area contributed by atoms with Crippen molar-refractivity contribution in [3.05, 3.63) is 99.1 Å². The molecule has 1 aliphatic rings. The van der Waals surface area contributed by atoms with Crippen molar-refractivity contribution in [2.45, 2.75) is 6.42 Å². The monoisotopic (exact) mass is 396 g/mol. The number of aliphatic carboxylic acids is 1. The molecule has 3 rings (SSSR count). The highest BCUT2D eigenvalue weighted by atomic mass is 16.7. The number of nitro groups is 1. The van der Waals surface area contributed by atoms with Crippen molar-refractivity contribution in [3.63, 3.8) is 0 Å². The van der Waals surface area contributed by atoms with Crippen LogP contribution < -0.4 is 5.32 Å². The Hall–Kier alpha value is -4.14. The summed E-state index contributed by atoms with van der Waals surface area (Å²) in [4.78, 5) is 34.6. The van der Waals surface area contributed by atoms with Crippen molar-refractivity contribution in [1.29, 1.82) is 0 Å². The number of carbonyl (C=O) groups excluding carboxylic acids is 1. The number of carbonyl (C=O) groups is 2. The second-order valence-electron chi connectivity index (χ2n) is 5.99. The predicted molar refractivity (Wildman–Crippen MR) is 100 cm³/mol. The van der Waals surface area contributed by atoms with Gasteiger partial charge in [0.05, 0.1) is 4.92 Å². The van der Waals surface area contributed by atoms with E-state index in [1.807, 2.05) is 30.3 Å². The van der Waals surface area contributed by atoms with Gasteiger partial charge in [-0.2, -0.15) is 0 Å². The number of hydrogen-bond acceptors (Lipinski definition) is 6. The number of ether oxygens (including phenoxy) is 2. The van der Waals surface area contributed by atoms with Crippen molar-refractivity contribution in [2.75, 3.05) is 6.79 Å². The van der Waals surface area contributed by atoms with E-state index in [2.05, 4.69) is 5.32 Å². The molecule has 0 atom stereocenters. The van der Waals surface area contributed by atoms with Crippen molar-refractivity contribution < 1.29 is 29.1 Å². The zero-order chi connectivity index (χ0) is 20.8. The third-order valence-electron chi connectivity index (χ3n) is 4.09. The summed E-state index contributed by atoms with van der Waals surface area (Å²) in [7, 11) is 0. The van der Waals surface area contributed by atoms with Crippen LogP contribution in [0, 0.1) is 10.1 Å². The van der Waals surface area contributed by atoms with Gasteiger partial charge in [0.15, 0.2) is 5.76 Å². The maximum atomic E-state index is 12.5. The van der Waals surface area contributed by atoms with Crippen LogP contribution in [-0.4, -0.2) is 28.7 Å². The van der Waals surface area contributed by atoms with E-state index in [0.29, 0.717) is 0 Å². The van der Waals surface area contributed by atoms with Gasteiger partial charge in [0, 0.05) is 29.7 Å². The van der Waals surface area contributed by atoms with E-state index in [1.165, 1.54) is 30.5 Å². The minimum Gasteiger partial charge on any atom is -0.477 e. The summed E-state index contributed by atoms with van der Waals surface area (Å²) in [6, 6.07) is 13.9. The van der Waals surface area contributed by atoms with Gasteiger partial charge >= 0.3 is 5.97 Å². The lowest BCUT2D eigenvalue weighted by Crippen LogP contribution is -2.29. The van der Waals surface area contributed by atoms with Crippen LogP contribution >= 0.6 is 0 Å². The van der Waals surface area contributed by atoms with Gasteiger partial charge in [0.25, 0.3) is 11.6 Å². The van der Waals surface area contributed by atoms with E-state index >= 15 is 0 Å². The molecular formula is C20H16N2O7. The number of amides is 1. The Morgan fingerprint density at radius 2 is 1.79 bits per heavy atom. The number of hydrogen-bond donors (Lipinski definition) is 2. The van der Waals surface area contributed by atoms with E-state index < -0.39 is 16.8 Å². The van der Waals surface area contributed by atoms with Crippen molar-refractivity contribution in [3.8, 4) is 0 Å². The third-order valence-corrected chi connectivity index (χ3v) is 4.09. The molecule has 1 heterocycles. The fraction of sp³-hybridized carbons (Fsp3) is 0.100. The molecule has 2 aromatic rings. The largest absolute Gasteiger partial charge is 0.477 e. The molecular weight excluding hydrogens is 380 g/mol. The Balaban J connectivity index is 1.94. The molecule has 0 aliphatic carbocycles. The van der Waals surface area contributed by atoms with E-state index in [1.54, 1.807) is 0 Å². The minimum atomic E-state index is -1.36. The summed E-state index contributed by atoms with van der Waals surface area (Å²) in [5.74, 6) is -1.87. The molecule has 1 aliphatic heterocycles. The summed E-state index contributed by atoms with van der Waals surface area (Å²) in [5, 5.41) is 22.8. The Bertz CT molecular complexity index is 995. The van der Waals surface area contributed by atoms with E-state index in [0.717, 1.165) is 5.56 Å². The molecule has 9 heteroatoms. The summed E-state index contributed by atoms with van der Waals surface area (Å²) < 4.78 is 10.4. The molecule has 0 fully saturated rings. The van der Waals surface area contributed by atoms with Crippen LogP contribution in [0.1, 0.15) is 15.9 Å². The number of rotatable bonds is 7. The first kappa shape index (κ1) is 19.6. The SMILES string of the molecule is O=C(O)C(NC(=O)c1ccc([N+](=O)[O-])cc1)=C(Cc1ccccc1)C1=COCO1. The summed E-state index contributed by atoms with van der Waals surface area (Å²) in [5.41, 5.74) is 0.570. The fourth-order valence-corrected chi connectivity index (χ4v) is 2.68. The zero-order valence-corrected chi connectivity index (χ0v) is 15.0. The number of allylic oxidation sites excluding steroid dienone is 1. The molecule has 2 N–H and O–H groups in total. The van der Waals surface area contributed by atoms with Crippen LogP contribution in [0.5, 0.6) is 0 Å². The Morgan fingerprint density at radius 1 is 1.10 bits per heavy atom. The molecule has 0 radical (unpaired) electrons. The highest BCUT2D eigenvalue weighted by Gasteiger charge is 2.24. The average molecular weight is 396 g/mol. The van der Waals surface area contributed by atoms with Gasteiger partial charge in [-0.1, -0.05) is 30.3 Å². The fourth-order valence-electron chi connectivity index (χ4n) is 2.68. The number of nitrogens with one attached hydrogen (secondary N) is 1. The standard InChI is InChI=1S/C20H16N2O7/c23-19(14-6-8-15(9-7-14)22(26)27)21-18(20(24)25)16(17-11-28-12-29-17)10-13-4-2-1-3-5-13/h1-9,11H,10,12H2,(H,21,23)(H,24,25).